The molecule has 0 aliphatic carbocycles. The van der Waals surface area contributed by atoms with Gasteiger partial charge in [-0.1, -0.05) is 41.5 Å². The maximum absolute atomic E-state index is 14.1. The number of hydrogen-bond donors (Lipinski definition) is 1. The summed E-state index contributed by atoms with van der Waals surface area (Å²) in [5, 5.41) is 8.32. The summed E-state index contributed by atoms with van der Waals surface area (Å²) in [6, 6.07) is 5.25. The smallest absolute Gasteiger partial charge is 0.320 e. The third-order valence-electron chi connectivity index (χ3n) is 5.55. The van der Waals surface area contributed by atoms with Crippen molar-refractivity contribution in [1.82, 2.24) is 9.80 Å². The molecule has 2 aliphatic heterocycles. The van der Waals surface area contributed by atoms with Crippen molar-refractivity contribution < 1.29 is 14.3 Å². The Balaban J connectivity index is 0.000000405. The summed E-state index contributed by atoms with van der Waals surface area (Å²) in [5.41, 5.74) is 3.89. The standard InChI is InChI=1S/C18H23FN2O.C8H14O.C3H4/c1-13-6-7-17(19)16(10-13)15-11-14(2)21(12-15)18(22)20-8-4-3-5-9-20;1-8(2)6-4-3-5-7-9;1-3-2/h6-7,10-11,14H,3-5,8-9,12H2,1-2H3;3,5-6,9H,4,7H2,1-2H3;1H,2H3/b;5-3-;. The van der Waals surface area contributed by atoms with Crippen LogP contribution in [0.5, 0.6) is 0 Å². The summed E-state index contributed by atoms with van der Waals surface area (Å²) >= 11 is 0. The van der Waals surface area contributed by atoms with Gasteiger partial charge in [0.2, 0.25) is 0 Å². The summed E-state index contributed by atoms with van der Waals surface area (Å²) in [4.78, 5) is 16.4. The molecule has 1 saturated heterocycles. The summed E-state index contributed by atoms with van der Waals surface area (Å²) in [6.45, 7) is 12.1. The molecule has 1 aromatic rings. The number of terminal acetylenes is 1. The van der Waals surface area contributed by atoms with Gasteiger partial charge in [-0.2, -0.15) is 0 Å². The van der Waals surface area contributed by atoms with Crippen LogP contribution in [0.2, 0.25) is 0 Å². The van der Waals surface area contributed by atoms with E-state index < -0.39 is 0 Å². The molecule has 0 saturated carbocycles. The maximum Gasteiger partial charge on any atom is 0.320 e. The third-order valence-corrected chi connectivity index (χ3v) is 5.55. The van der Waals surface area contributed by atoms with Gasteiger partial charge >= 0.3 is 6.03 Å². The number of benzene rings is 1. The van der Waals surface area contributed by atoms with E-state index in [9.17, 15) is 9.18 Å². The van der Waals surface area contributed by atoms with Crippen molar-refractivity contribution in [3.05, 3.63) is 65.0 Å². The maximum atomic E-state index is 14.1. The number of amides is 2. The fourth-order valence-electron chi connectivity index (χ4n) is 3.80. The highest BCUT2D eigenvalue weighted by molar-refractivity contribution is 5.81. The van der Waals surface area contributed by atoms with E-state index in [1.807, 2.05) is 41.9 Å². The molecule has 1 N–H and O–H groups in total. The van der Waals surface area contributed by atoms with E-state index in [-0.39, 0.29) is 24.5 Å². The quantitative estimate of drug-likeness (QED) is 0.413. The van der Waals surface area contributed by atoms with Crippen LogP contribution in [0.25, 0.3) is 5.57 Å². The number of hydrogen-bond acceptors (Lipinski definition) is 2. The molecule has 1 aromatic carbocycles. The van der Waals surface area contributed by atoms with Gasteiger partial charge in [-0.3, -0.25) is 0 Å². The molecule has 0 radical (unpaired) electrons. The average Bonchev–Trinajstić information content (AvgIpc) is 3.20. The SMILES string of the molecule is C#CC.CC(C)=CC/C=C\CO.Cc1ccc(F)c(C2=CC(C)N(C(=O)N3CCCCC3)C2)c1. The van der Waals surface area contributed by atoms with Gasteiger partial charge in [0.15, 0.2) is 0 Å². The molecule has 2 amide bonds. The van der Waals surface area contributed by atoms with E-state index in [0.717, 1.165) is 43.5 Å². The minimum absolute atomic E-state index is 0.0179. The monoisotopic (exact) mass is 468 g/mol. The largest absolute Gasteiger partial charge is 0.392 e. The summed E-state index contributed by atoms with van der Waals surface area (Å²) in [6.07, 6.45) is 16.7. The molecule has 5 heteroatoms. The number of allylic oxidation sites excluding steroid dienone is 3. The first-order valence-corrected chi connectivity index (χ1v) is 12.0. The molecule has 186 valence electrons. The molecule has 1 fully saturated rings. The highest BCUT2D eigenvalue weighted by atomic mass is 19.1. The van der Waals surface area contributed by atoms with Crippen molar-refractivity contribution in [1.29, 1.82) is 0 Å². The molecule has 0 bridgehead atoms. The minimum atomic E-state index is -0.212. The Hall–Kier alpha value is -2.84. The zero-order valence-corrected chi connectivity index (χ0v) is 21.5. The highest BCUT2D eigenvalue weighted by Crippen LogP contribution is 2.29. The number of aliphatic hydroxyl groups excluding tert-OH is 1. The Morgan fingerprint density at radius 3 is 2.47 bits per heavy atom. The second-order valence-corrected chi connectivity index (χ2v) is 8.83. The van der Waals surface area contributed by atoms with E-state index in [1.165, 1.54) is 18.1 Å². The van der Waals surface area contributed by atoms with Crippen LogP contribution in [-0.2, 0) is 0 Å². The van der Waals surface area contributed by atoms with E-state index in [0.29, 0.717) is 12.1 Å². The van der Waals surface area contributed by atoms with E-state index in [1.54, 1.807) is 19.1 Å². The number of likely N-dealkylation sites (tertiary alicyclic amines) is 1. The number of rotatable bonds is 4. The van der Waals surface area contributed by atoms with Crippen LogP contribution < -0.4 is 0 Å². The second kappa shape index (κ2) is 15.9. The van der Waals surface area contributed by atoms with Gasteiger partial charge in [0.1, 0.15) is 5.82 Å². The summed E-state index contributed by atoms with van der Waals surface area (Å²) in [5.74, 6) is 2.04. The van der Waals surface area contributed by atoms with Crippen LogP contribution in [0, 0.1) is 25.1 Å². The predicted octanol–water partition coefficient (Wildman–Crippen LogP) is 6.36. The van der Waals surface area contributed by atoms with E-state index in [4.69, 9.17) is 5.11 Å². The molecule has 34 heavy (non-hydrogen) atoms. The zero-order chi connectivity index (χ0) is 25.5. The van der Waals surface area contributed by atoms with Crippen LogP contribution in [-0.4, -0.2) is 53.2 Å². The van der Waals surface area contributed by atoms with Gasteiger partial charge in [-0.15, -0.1) is 12.3 Å². The first-order chi connectivity index (χ1) is 16.2. The lowest BCUT2D eigenvalue weighted by molar-refractivity contribution is 0.145. The fraction of sp³-hybridized carbons (Fsp3) is 0.483. The fourth-order valence-corrected chi connectivity index (χ4v) is 3.80. The first kappa shape index (κ1) is 29.2. The van der Waals surface area contributed by atoms with Crippen LogP contribution in [0.15, 0.2) is 48.1 Å². The normalized spacial score (nSPS) is 17.1. The number of halogens is 1. The summed E-state index contributed by atoms with van der Waals surface area (Å²) < 4.78 is 14.1. The molecular formula is C29H41FN2O2. The van der Waals surface area contributed by atoms with E-state index >= 15 is 0 Å². The zero-order valence-electron chi connectivity index (χ0n) is 21.5. The van der Waals surface area contributed by atoms with Crippen LogP contribution >= 0.6 is 0 Å². The van der Waals surface area contributed by atoms with Gasteiger partial charge in [0.05, 0.1) is 6.61 Å². The first-order valence-electron chi connectivity index (χ1n) is 12.0. The molecule has 1 atom stereocenters. The van der Waals surface area contributed by atoms with Crippen molar-refractivity contribution in [3.8, 4) is 12.3 Å². The van der Waals surface area contributed by atoms with Gasteiger partial charge < -0.3 is 14.9 Å². The molecule has 1 unspecified atom stereocenters. The topological polar surface area (TPSA) is 43.8 Å². The molecule has 0 aromatic heterocycles. The number of urea groups is 1. The second-order valence-electron chi connectivity index (χ2n) is 8.83. The Morgan fingerprint density at radius 1 is 1.24 bits per heavy atom. The van der Waals surface area contributed by atoms with Gasteiger partial charge in [0.25, 0.3) is 0 Å². The number of aliphatic hydroxyl groups is 1. The molecule has 2 aliphatic rings. The molecule has 3 rings (SSSR count). The summed E-state index contributed by atoms with van der Waals surface area (Å²) in [7, 11) is 0. The number of piperidine rings is 1. The lowest BCUT2D eigenvalue weighted by Crippen LogP contribution is -2.47. The highest BCUT2D eigenvalue weighted by Gasteiger charge is 2.31. The van der Waals surface area contributed by atoms with Gasteiger partial charge in [-0.05, 0) is 78.0 Å². The van der Waals surface area contributed by atoms with Crippen molar-refractivity contribution in [2.24, 2.45) is 0 Å². The predicted molar refractivity (Wildman–Crippen MR) is 141 cm³/mol. The lowest BCUT2D eigenvalue weighted by Gasteiger charge is -2.33. The van der Waals surface area contributed by atoms with E-state index in [2.05, 4.69) is 32.3 Å². The molecular weight excluding hydrogens is 427 g/mol. The minimum Gasteiger partial charge on any atom is -0.392 e. The number of aryl methyl sites for hydroxylation is 1. The van der Waals surface area contributed by atoms with Crippen molar-refractivity contribution in [2.75, 3.05) is 26.2 Å². The van der Waals surface area contributed by atoms with Crippen molar-refractivity contribution >= 4 is 11.6 Å². The number of carbonyl (C=O) groups is 1. The molecule has 2 heterocycles. The Morgan fingerprint density at radius 2 is 1.88 bits per heavy atom. The van der Waals surface area contributed by atoms with Gasteiger partial charge in [0, 0.05) is 31.2 Å². The van der Waals surface area contributed by atoms with Crippen molar-refractivity contribution in [2.45, 2.75) is 66.3 Å². The Bertz CT molecular complexity index is 901. The van der Waals surface area contributed by atoms with Crippen LogP contribution in [0.3, 0.4) is 0 Å². The lowest BCUT2D eigenvalue weighted by atomic mass is 10.0. The van der Waals surface area contributed by atoms with Crippen LogP contribution in [0.1, 0.15) is 64.5 Å². The number of nitrogens with zero attached hydrogens (tertiary/aromatic N) is 2. The van der Waals surface area contributed by atoms with Gasteiger partial charge in [-0.25, -0.2) is 9.18 Å². The molecule has 4 nitrogen and oxygen atoms in total. The number of carbonyl (C=O) groups excluding carboxylic acids is 1. The van der Waals surface area contributed by atoms with Crippen LogP contribution in [0.4, 0.5) is 9.18 Å². The Labute approximate surface area is 205 Å². The molecule has 0 spiro atoms. The van der Waals surface area contributed by atoms with Crippen molar-refractivity contribution in [3.63, 3.8) is 0 Å². The average molecular weight is 469 g/mol. The third kappa shape index (κ3) is 9.97. The Kier molecular flexibility index (Phi) is 13.7.